The van der Waals surface area contributed by atoms with Crippen molar-refractivity contribution in [2.75, 3.05) is 7.11 Å². The van der Waals surface area contributed by atoms with Gasteiger partial charge >= 0.3 is 5.82 Å². The Kier molecular flexibility index (Phi) is 2.77. The standard InChI is InChI=1S/C5H6BrN3O3/c1-12-4(6)5-7-2-3(8-5)9(10)11/h2,4H,1H3,(H,7,8). The van der Waals surface area contributed by atoms with Gasteiger partial charge in [0.25, 0.3) is 5.82 Å². The Labute approximate surface area is 76.2 Å². The maximum absolute atomic E-state index is 10.2. The fourth-order valence-electron chi connectivity index (χ4n) is 0.648. The van der Waals surface area contributed by atoms with E-state index < -0.39 is 9.94 Å². The van der Waals surface area contributed by atoms with Crippen molar-refractivity contribution in [3.8, 4) is 0 Å². The van der Waals surface area contributed by atoms with Crippen molar-refractivity contribution >= 4 is 21.7 Å². The lowest BCUT2D eigenvalue weighted by molar-refractivity contribution is -0.389. The summed E-state index contributed by atoms with van der Waals surface area (Å²) in [4.78, 5) is 15.9. The molecule has 1 unspecified atom stereocenters. The van der Waals surface area contributed by atoms with Crippen LogP contribution in [0.25, 0.3) is 0 Å². The van der Waals surface area contributed by atoms with Crippen LogP contribution in [0.15, 0.2) is 6.20 Å². The molecular weight excluding hydrogens is 230 g/mol. The van der Waals surface area contributed by atoms with Crippen LogP contribution in [-0.4, -0.2) is 22.0 Å². The van der Waals surface area contributed by atoms with E-state index in [4.69, 9.17) is 4.74 Å². The highest BCUT2D eigenvalue weighted by Gasteiger charge is 2.18. The molecule has 1 aromatic heterocycles. The van der Waals surface area contributed by atoms with E-state index in [2.05, 4.69) is 25.9 Å². The van der Waals surface area contributed by atoms with Crippen molar-refractivity contribution < 1.29 is 9.66 Å². The Balaban J connectivity index is 2.84. The molecule has 1 rings (SSSR count). The number of nitro groups is 1. The summed E-state index contributed by atoms with van der Waals surface area (Å²) in [6.45, 7) is 0. The summed E-state index contributed by atoms with van der Waals surface area (Å²) < 4.78 is 4.83. The van der Waals surface area contributed by atoms with Crippen LogP contribution in [0.3, 0.4) is 0 Å². The molecule has 0 saturated carbocycles. The highest BCUT2D eigenvalue weighted by molar-refractivity contribution is 9.09. The Bertz CT molecular complexity index is 287. The number of alkyl halides is 1. The molecule has 0 aliphatic rings. The molecular formula is C5H6BrN3O3. The van der Waals surface area contributed by atoms with Gasteiger partial charge in [-0.3, -0.25) is 0 Å². The molecule has 1 aromatic rings. The van der Waals surface area contributed by atoms with E-state index >= 15 is 0 Å². The zero-order chi connectivity index (χ0) is 9.14. The van der Waals surface area contributed by atoms with E-state index in [1.165, 1.54) is 13.3 Å². The second-order valence-electron chi connectivity index (χ2n) is 1.95. The third kappa shape index (κ3) is 1.80. The highest BCUT2D eigenvalue weighted by Crippen LogP contribution is 2.21. The molecule has 0 bridgehead atoms. The normalized spacial score (nSPS) is 12.8. The topological polar surface area (TPSA) is 81.1 Å². The Morgan fingerprint density at radius 3 is 3.00 bits per heavy atom. The van der Waals surface area contributed by atoms with Gasteiger partial charge in [0.1, 0.15) is 6.20 Å². The molecule has 7 heteroatoms. The van der Waals surface area contributed by atoms with E-state index in [-0.39, 0.29) is 5.82 Å². The molecule has 0 saturated heterocycles. The molecule has 66 valence electrons. The third-order valence-electron chi connectivity index (χ3n) is 1.19. The summed E-state index contributed by atoms with van der Waals surface area (Å²) in [5.41, 5.74) is 0. The van der Waals surface area contributed by atoms with E-state index in [1.54, 1.807) is 0 Å². The smallest absolute Gasteiger partial charge is 0.360 e. The molecule has 1 heterocycles. The number of rotatable bonds is 3. The van der Waals surface area contributed by atoms with Crippen LogP contribution in [0.2, 0.25) is 0 Å². The molecule has 0 amide bonds. The van der Waals surface area contributed by atoms with Crippen LogP contribution in [0.5, 0.6) is 0 Å². The van der Waals surface area contributed by atoms with Crippen molar-refractivity contribution in [2.45, 2.75) is 5.01 Å². The molecule has 1 N–H and O–H groups in total. The maximum Gasteiger partial charge on any atom is 0.381 e. The number of hydrogen-bond acceptors (Lipinski definition) is 4. The molecule has 0 aliphatic heterocycles. The van der Waals surface area contributed by atoms with Crippen molar-refractivity contribution in [3.63, 3.8) is 0 Å². The van der Waals surface area contributed by atoms with Gasteiger partial charge in [-0.15, -0.1) is 0 Å². The highest BCUT2D eigenvalue weighted by atomic mass is 79.9. The zero-order valence-electron chi connectivity index (χ0n) is 6.15. The third-order valence-corrected chi connectivity index (χ3v) is 2.00. The quantitative estimate of drug-likeness (QED) is 0.488. The van der Waals surface area contributed by atoms with E-state index in [0.717, 1.165) is 0 Å². The van der Waals surface area contributed by atoms with Crippen LogP contribution < -0.4 is 0 Å². The summed E-state index contributed by atoms with van der Waals surface area (Å²) in [5, 5.41) is 9.75. The minimum atomic E-state index is -0.574. The number of aromatic nitrogens is 2. The van der Waals surface area contributed by atoms with Gasteiger partial charge in [0.15, 0.2) is 5.01 Å². The van der Waals surface area contributed by atoms with Gasteiger partial charge in [-0.25, -0.2) is 0 Å². The number of hydrogen-bond donors (Lipinski definition) is 1. The lowest BCUT2D eigenvalue weighted by Crippen LogP contribution is -1.95. The average molecular weight is 236 g/mol. The monoisotopic (exact) mass is 235 g/mol. The van der Waals surface area contributed by atoms with Gasteiger partial charge in [0.05, 0.1) is 0 Å². The summed E-state index contributed by atoms with van der Waals surface area (Å²) >= 11 is 3.11. The number of nitrogens with zero attached hydrogens (tertiary/aromatic N) is 2. The Morgan fingerprint density at radius 2 is 2.58 bits per heavy atom. The molecule has 0 aromatic carbocycles. The van der Waals surface area contributed by atoms with Gasteiger partial charge in [-0.05, 0) is 25.8 Å². The number of imidazole rings is 1. The molecule has 6 nitrogen and oxygen atoms in total. The largest absolute Gasteiger partial charge is 0.381 e. The van der Waals surface area contributed by atoms with Crippen molar-refractivity contribution in [2.24, 2.45) is 0 Å². The zero-order valence-corrected chi connectivity index (χ0v) is 7.74. The lowest BCUT2D eigenvalue weighted by Gasteiger charge is -1.97. The Hall–Kier alpha value is -0.950. The van der Waals surface area contributed by atoms with Crippen LogP contribution in [0, 0.1) is 10.1 Å². The predicted molar refractivity (Wildman–Crippen MR) is 43.9 cm³/mol. The fourth-order valence-corrected chi connectivity index (χ4v) is 0.882. The summed E-state index contributed by atoms with van der Waals surface area (Å²) in [6, 6.07) is 0. The van der Waals surface area contributed by atoms with Crippen LogP contribution >= 0.6 is 15.9 Å². The summed E-state index contributed by atoms with van der Waals surface area (Å²) in [7, 11) is 1.47. The van der Waals surface area contributed by atoms with Gasteiger partial charge < -0.3 is 19.8 Å². The second-order valence-corrected chi connectivity index (χ2v) is 2.78. The first-order valence-electron chi connectivity index (χ1n) is 3.01. The first-order chi connectivity index (χ1) is 5.65. The van der Waals surface area contributed by atoms with Gasteiger partial charge in [0, 0.05) is 7.11 Å². The number of aromatic amines is 1. The number of H-pyrrole nitrogens is 1. The van der Waals surface area contributed by atoms with Crippen LogP contribution in [0.4, 0.5) is 5.82 Å². The number of ether oxygens (including phenoxy) is 1. The fraction of sp³-hybridized carbons (Fsp3) is 0.400. The molecule has 0 spiro atoms. The Morgan fingerprint density at radius 1 is 1.92 bits per heavy atom. The number of halogens is 1. The molecule has 0 radical (unpaired) electrons. The van der Waals surface area contributed by atoms with E-state index in [1.807, 2.05) is 0 Å². The van der Waals surface area contributed by atoms with Crippen molar-refractivity contribution in [1.82, 2.24) is 9.97 Å². The lowest BCUT2D eigenvalue weighted by atomic mass is 10.7. The second kappa shape index (κ2) is 3.63. The molecule has 0 aliphatic carbocycles. The average Bonchev–Trinajstić information content (AvgIpc) is 2.51. The minimum Gasteiger partial charge on any atom is -0.360 e. The van der Waals surface area contributed by atoms with E-state index in [0.29, 0.717) is 5.82 Å². The SMILES string of the molecule is COC(Br)c1nc([N+](=O)[O-])c[nH]1. The van der Waals surface area contributed by atoms with Crippen LogP contribution in [0.1, 0.15) is 10.8 Å². The van der Waals surface area contributed by atoms with Crippen molar-refractivity contribution in [1.29, 1.82) is 0 Å². The first kappa shape index (κ1) is 9.14. The van der Waals surface area contributed by atoms with Crippen molar-refractivity contribution in [3.05, 3.63) is 22.1 Å². The minimum absolute atomic E-state index is 0.216. The first-order valence-corrected chi connectivity index (χ1v) is 3.93. The van der Waals surface area contributed by atoms with Gasteiger partial charge in [-0.1, -0.05) is 0 Å². The number of methoxy groups -OCH3 is 1. The van der Waals surface area contributed by atoms with Gasteiger partial charge in [0.2, 0.25) is 0 Å². The predicted octanol–water partition coefficient (Wildman–Crippen LogP) is 1.36. The molecule has 12 heavy (non-hydrogen) atoms. The van der Waals surface area contributed by atoms with Crippen LogP contribution in [-0.2, 0) is 4.74 Å². The molecule has 1 atom stereocenters. The molecule has 0 fully saturated rings. The summed E-state index contributed by atoms with van der Waals surface area (Å²) in [5.74, 6) is 0.163. The van der Waals surface area contributed by atoms with Gasteiger partial charge in [-0.2, -0.15) is 0 Å². The van der Waals surface area contributed by atoms with E-state index in [9.17, 15) is 10.1 Å². The number of nitrogens with one attached hydrogen (secondary N) is 1. The summed E-state index contributed by atoms with van der Waals surface area (Å²) in [6.07, 6.45) is 1.21. The maximum atomic E-state index is 10.2.